The minimum Gasteiger partial charge on any atom is -0.495 e. The van der Waals surface area contributed by atoms with Crippen LogP contribution in [0, 0.1) is 5.92 Å². The molecule has 1 aromatic carbocycles. The number of carbonyl (C=O) groups excluding carboxylic acids is 2. The third kappa shape index (κ3) is 3.59. The van der Waals surface area contributed by atoms with Gasteiger partial charge in [0, 0.05) is 19.0 Å². The second-order valence-electron chi connectivity index (χ2n) is 5.73. The van der Waals surface area contributed by atoms with Gasteiger partial charge < -0.3 is 15.0 Å². The van der Waals surface area contributed by atoms with Crippen LogP contribution in [-0.4, -0.2) is 36.9 Å². The van der Waals surface area contributed by atoms with E-state index in [1.54, 1.807) is 7.11 Å². The molecule has 6 heteroatoms. The fourth-order valence-electron chi connectivity index (χ4n) is 2.88. The number of amides is 2. The number of piperidine rings is 1. The van der Waals surface area contributed by atoms with Crippen LogP contribution in [0.25, 0.3) is 0 Å². The second kappa shape index (κ2) is 7.49. The lowest BCUT2D eigenvalue weighted by Crippen LogP contribution is -2.41. The number of carbonyl (C=O) groups is 2. The Balaban J connectivity index is 1.56. The lowest BCUT2D eigenvalue weighted by molar-refractivity contribution is -0.121. The van der Waals surface area contributed by atoms with Gasteiger partial charge >= 0.3 is 0 Å². The van der Waals surface area contributed by atoms with Crippen molar-refractivity contribution in [2.24, 2.45) is 5.92 Å². The van der Waals surface area contributed by atoms with Crippen molar-refractivity contribution < 1.29 is 14.3 Å². The molecule has 5 nitrogen and oxygen atoms in total. The van der Waals surface area contributed by atoms with Gasteiger partial charge in [-0.3, -0.25) is 9.59 Å². The zero-order valence-electron chi connectivity index (χ0n) is 13.5. The van der Waals surface area contributed by atoms with Crippen molar-refractivity contribution in [2.45, 2.75) is 12.8 Å². The van der Waals surface area contributed by atoms with Crippen LogP contribution < -0.4 is 10.1 Å². The molecule has 126 valence electrons. The summed E-state index contributed by atoms with van der Waals surface area (Å²) in [6.07, 6.45) is 1.36. The van der Waals surface area contributed by atoms with Crippen LogP contribution in [0.3, 0.4) is 0 Å². The number of ether oxygens (including phenoxy) is 1. The number of methoxy groups -OCH3 is 1. The fraction of sp³-hybridized carbons (Fsp3) is 0.333. The molecule has 2 aromatic rings. The van der Waals surface area contributed by atoms with Crippen LogP contribution >= 0.6 is 11.3 Å². The van der Waals surface area contributed by atoms with Crippen LogP contribution in [0.4, 0.5) is 5.69 Å². The van der Waals surface area contributed by atoms with Gasteiger partial charge in [-0.15, -0.1) is 11.3 Å². The van der Waals surface area contributed by atoms with E-state index in [2.05, 4.69) is 5.32 Å². The van der Waals surface area contributed by atoms with Crippen molar-refractivity contribution in [3.05, 3.63) is 46.7 Å². The highest BCUT2D eigenvalue weighted by Gasteiger charge is 2.28. The van der Waals surface area contributed by atoms with E-state index in [0.717, 1.165) is 4.88 Å². The first-order valence-corrected chi connectivity index (χ1v) is 8.83. The third-order valence-corrected chi connectivity index (χ3v) is 5.11. The van der Waals surface area contributed by atoms with Crippen molar-refractivity contribution >= 4 is 28.8 Å². The topological polar surface area (TPSA) is 58.6 Å². The number of benzene rings is 1. The summed E-state index contributed by atoms with van der Waals surface area (Å²) in [5.74, 6) is 0.620. The lowest BCUT2D eigenvalue weighted by Gasteiger charge is -2.31. The van der Waals surface area contributed by atoms with E-state index in [0.29, 0.717) is 37.4 Å². The first kappa shape index (κ1) is 16.5. The van der Waals surface area contributed by atoms with Gasteiger partial charge in [0.25, 0.3) is 5.91 Å². The van der Waals surface area contributed by atoms with Gasteiger partial charge in [-0.2, -0.15) is 0 Å². The Morgan fingerprint density at radius 3 is 2.58 bits per heavy atom. The Labute approximate surface area is 145 Å². The number of hydrogen-bond acceptors (Lipinski definition) is 4. The Morgan fingerprint density at radius 2 is 1.92 bits per heavy atom. The third-order valence-electron chi connectivity index (χ3n) is 4.25. The molecule has 0 spiro atoms. The van der Waals surface area contributed by atoms with Gasteiger partial charge in [-0.25, -0.2) is 0 Å². The van der Waals surface area contributed by atoms with Crippen molar-refractivity contribution in [3.63, 3.8) is 0 Å². The summed E-state index contributed by atoms with van der Waals surface area (Å²) in [6.45, 7) is 1.22. The molecule has 2 heterocycles. The molecule has 2 amide bonds. The summed E-state index contributed by atoms with van der Waals surface area (Å²) >= 11 is 1.45. The molecule has 3 rings (SSSR count). The number of nitrogens with one attached hydrogen (secondary N) is 1. The average Bonchev–Trinajstić information content (AvgIpc) is 3.16. The summed E-state index contributed by atoms with van der Waals surface area (Å²) in [5.41, 5.74) is 0.682. The summed E-state index contributed by atoms with van der Waals surface area (Å²) in [5, 5.41) is 4.84. The van der Waals surface area contributed by atoms with Crippen molar-refractivity contribution in [1.29, 1.82) is 0 Å². The lowest BCUT2D eigenvalue weighted by atomic mass is 9.95. The molecule has 24 heavy (non-hydrogen) atoms. The van der Waals surface area contributed by atoms with Crippen LogP contribution in [0.15, 0.2) is 41.8 Å². The maximum Gasteiger partial charge on any atom is 0.263 e. The van der Waals surface area contributed by atoms with Crippen LogP contribution in [0.5, 0.6) is 5.75 Å². The monoisotopic (exact) mass is 344 g/mol. The molecule has 1 aliphatic rings. The summed E-state index contributed by atoms with van der Waals surface area (Å²) in [7, 11) is 1.58. The molecular formula is C18H20N2O3S. The molecule has 1 fully saturated rings. The number of nitrogens with zero attached hydrogens (tertiary/aromatic N) is 1. The van der Waals surface area contributed by atoms with E-state index in [1.165, 1.54) is 11.3 Å². The first-order valence-electron chi connectivity index (χ1n) is 7.95. The van der Waals surface area contributed by atoms with Gasteiger partial charge in [0.2, 0.25) is 5.91 Å². The molecule has 0 bridgehead atoms. The summed E-state index contributed by atoms with van der Waals surface area (Å²) in [6, 6.07) is 11.1. The SMILES string of the molecule is COc1ccccc1NC(=O)C1CCN(C(=O)c2cccs2)CC1. The van der Waals surface area contributed by atoms with Crippen molar-refractivity contribution in [1.82, 2.24) is 4.90 Å². The van der Waals surface area contributed by atoms with Gasteiger partial charge in [-0.1, -0.05) is 18.2 Å². The average molecular weight is 344 g/mol. The molecule has 0 atom stereocenters. The summed E-state index contributed by atoms with van der Waals surface area (Å²) in [4.78, 5) is 27.4. The van der Waals surface area contributed by atoms with E-state index >= 15 is 0 Å². The van der Waals surface area contributed by atoms with Gasteiger partial charge in [0.1, 0.15) is 5.75 Å². The zero-order chi connectivity index (χ0) is 16.9. The number of rotatable bonds is 4. The quantitative estimate of drug-likeness (QED) is 0.926. The molecule has 0 saturated carbocycles. The van der Waals surface area contributed by atoms with E-state index in [9.17, 15) is 9.59 Å². The Bertz CT molecular complexity index is 707. The smallest absolute Gasteiger partial charge is 0.263 e. The van der Waals surface area contributed by atoms with Crippen LogP contribution in [0.2, 0.25) is 0 Å². The highest BCUT2D eigenvalue weighted by atomic mass is 32.1. The molecule has 0 unspecified atom stereocenters. The predicted octanol–water partition coefficient (Wildman–Crippen LogP) is 3.25. The number of thiophene rings is 1. The molecule has 1 aliphatic heterocycles. The highest BCUT2D eigenvalue weighted by Crippen LogP contribution is 2.26. The van der Waals surface area contributed by atoms with Gasteiger partial charge in [0.15, 0.2) is 0 Å². The Kier molecular flexibility index (Phi) is 5.15. The second-order valence-corrected chi connectivity index (χ2v) is 6.68. The predicted molar refractivity (Wildman–Crippen MR) is 94.6 cm³/mol. The first-order chi connectivity index (χ1) is 11.7. The minimum atomic E-state index is -0.0812. The number of para-hydroxylation sites is 2. The zero-order valence-corrected chi connectivity index (χ0v) is 14.3. The van der Waals surface area contributed by atoms with Crippen LogP contribution in [-0.2, 0) is 4.79 Å². The normalized spacial score (nSPS) is 15.1. The fourth-order valence-corrected chi connectivity index (χ4v) is 3.57. The molecule has 1 aromatic heterocycles. The van der Waals surface area contributed by atoms with E-state index in [-0.39, 0.29) is 17.7 Å². The van der Waals surface area contributed by atoms with Gasteiger partial charge in [-0.05, 0) is 36.4 Å². The largest absolute Gasteiger partial charge is 0.495 e. The number of anilines is 1. The molecule has 1 saturated heterocycles. The van der Waals surface area contributed by atoms with Gasteiger partial charge in [0.05, 0.1) is 17.7 Å². The molecule has 0 radical (unpaired) electrons. The Hall–Kier alpha value is -2.34. The molecular weight excluding hydrogens is 324 g/mol. The maximum absolute atomic E-state index is 12.5. The highest BCUT2D eigenvalue weighted by molar-refractivity contribution is 7.12. The molecule has 1 N–H and O–H groups in total. The standard InChI is InChI=1S/C18H20N2O3S/c1-23-15-6-3-2-5-14(15)19-17(21)13-8-10-20(11-9-13)18(22)16-7-4-12-24-16/h2-7,12-13H,8-11H2,1H3,(H,19,21). The van der Waals surface area contributed by atoms with E-state index in [4.69, 9.17) is 4.74 Å². The van der Waals surface area contributed by atoms with E-state index in [1.807, 2.05) is 46.7 Å². The van der Waals surface area contributed by atoms with E-state index < -0.39 is 0 Å². The molecule has 0 aliphatic carbocycles. The van der Waals surface area contributed by atoms with Crippen molar-refractivity contribution in [2.75, 3.05) is 25.5 Å². The van der Waals surface area contributed by atoms with Crippen molar-refractivity contribution in [3.8, 4) is 5.75 Å². The van der Waals surface area contributed by atoms with Crippen LogP contribution in [0.1, 0.15) is 22.5 Å². The maximum atomic E-state index is 12.5. The summed E-state index contributed by atoms with van der Waals surface area (Å²) < 4.78 is 5.26. The Morgan fingerprint density at radius 1 is 1.17 bits per heavy atom. The number of likely N-dealkylation sites (tertiary alicyclic amines) is 1. The minimum absolute atomic E-state index is 0.0114. The number of hydrogen-bond donors (Lipinski definition) is 1.